The van der Waals surface area contributed by atoms with Crippen LogP contribution < -0.4 is 0 Å². The number of benzene rings is 2. The molecule has 0 saturated heterocycles. The highest BCUT2D eigenvalue weighted by Crippen LogP contribution is 2.22. The van der Waals surface area contributed by atoms with Crippen LogP contribution in [0, 0.1) is 10.1 Å². The van der Waals surface area contributed by atoms with E-state index in [1.54, 1.807) is 24.3 Å². The molecular weight excluding hydrogens is 282 g/mol. The van der Waals surface area contributed by atoms with Gasteiger partial charge in [-0.15, -0.1) is 0 Å². The van der Waals surface area contributed by atoms with Crippen molar-refractivity contribution in [1.82, 2.24) is 0 Å². The van der Waals surface area contributed by atoms with Gasteiger partial charge in [-0.1, -0.05) is 60.7 Å². The second kappa shape index (κ2) is 8.05. The number of aldehydes is 1. The van der Waals surface area contributed by atoms with E-state index in [1.165, 1.54) is 0 Å². The predicted molar refractivity (Wildman–Crippen MR) is 82.1 cm³/mol. The lowest BCUT2D eigenvalue weighted by molar-refractivity contribution is -0.485. The lowest BCUT2D eigenvalue weighted by atomic mass is 9.94. The van der Waals surface area contributed by atoms with Crippen LogP contribution in [0.25, 0.3) is 0 Å². The van der Waals surface area contributed by atoms with Crippen LogP contribution in [-0.2, 0) is 16.1 Å². The zero-order valence-corrected chi connectivity index (χ0v) is 12.0. The van der Waals surface area contributed by atoms with Crippen molar-refractivity contribution >= 4 is 6.29 Å². The lowest BCUT2D eigenvalue weighted by Gasteiger charge is -2.20. The third kappa shape index (κ3) is 4.49. The molecule has 2 aromatic carbocycles. The SMILES string of the molecule is O=C[C@@H](OCc1ccccc1)[C@H](C[N+](=O)[O-])c1ccccc1. The summed E-state index contributed by atoms with van der Waals surface area (Å²) in [5, 5.41) is 10.9. The second-order valence-electron chi connectivity index (χ2n) is 4.93. The fourth-order valence-electron chi connectivity index (χ4n) is 2.28. The zero-order valence-electron chi connectivity index (χ0n) is 12.0. The summed E-state index contributed by atoms with van der Waals surface area (Å²) in [6, 6.07) is 18.4. The highest BCUT2D eigenvalue weighted by atomic mass is 16.6. The molecule has 0 N–H and O–H groups in total. The normalized spacial score (nSPS) is 13.3. The highest BCUT2D eigenvalue weighted by Gasteiger charge is 2.28. The third-order valence-electron chi connectivity index (χ3n) is 3.39. The second-order valence-corrected chi connectivity index (χ2v) is 4.93. The minimum atomic E-state index is -0.854. The van der Waals surface area contributed by atoms with Gasteiger partial charge in [-0.05, 0) is 11.1 Å². The molecule has 2 rings (SSSR count). The maximum absolute atomic E-state index is 11.4. The summed E-state index contributed by atoms with van der Waals surface area (Å²) < 4.78 is 5.62. The number of hydrogen-bond donors (Lipinski definition) is 0. The van der Waals surface area contributed by atoms with Gasteiger partial charge in [0.15, 0.2) is 0 Å². The summed E-state index contributed by atoms with van der Waals surface area (Å²) >= 11 is 0. The fourth-order valence-corrected chi connectivity index (χ4v) is 2.28. The van der Waals surface area contributed by atoms with Gasteiger partial charge in [0, 0.05) is 4.92 Å². The summed E-state index contributed by atoms with van der Waals surface area (Å²) in [7, 11) is 0. The van der Waals surface area contributed by atoms with Gasteiger partial charge in [0.2, 0.25) is 6.54 Å². The average molecular weight is 299 g/mol. The molecule has 0 radical (unpaired) electrons. The summed E-state index contributed by atoms with van der Waals surface area (Å²) in [5.74, 6) is -0.600. The van der Waals surface area contributed by atoms with Gasteiger partial charge in [0.25, 0.3) is 0 Å². The molecule has 0 saturated carbocycles. The molecule has 0 spiro atoms. The van der Waals surface area contributed by atoms with E-state index in [9.17, 15) is 14.9 Å². The van der Waals surface area contributed by atoms with Crippen molar-refractivity contribution in [1.29, 1.82) is 0 Å². The maximum Gasteiger partial charge on any atom is 0.213 e. The van der Waals surface area contributed by atoms with Gasteiger partial charge in [-0.2, -0.15) is 0 Å². The van der Waals surface area contributed by atoms with Crippen LogP contribution in [0.15, 0.2) is 60.7 Å². The quantitative estimate of drug-likeness (QED) is 0.427. The van der Waals surface area contributed by atoms with E-state index in [2.05, 4.69) is 0 Å². The molecule has 0 aliphatic heterocycles. The van der Waals surface area contributed by atoms with Crippen LogP contribution in [0.2, 0.25) is 0 Å². The molecule has 0 aliphatic carbocycles. The molecule has 0 fully saturated rings. The van der Waals surface area contributed by atoms with Crippen LogP contribution in [0.3, 0.4) is 0 Å². The number of rotatable bonds is 8. The summed E-state index contributed by atoms with van der Waals surface area (Å²) in [4.78, 5) is 21.9. The van der Waals surface area contributed by atoms with Crippen LogP contribution in [0.1, 0.15) is 17.0 Å². The minimum Gasteiger partial charge on any atom is -0.365 e. The minimum absolute atomic E-state index is 0.241. The molecule has 0 aromatic heterocycles. The Hall–Kier alpha value is -2.53. The molecular formula is C17H17NO4. The van der Waals surface area contributed by atoms with Crippen molar-refractivity contribution in [3.8, 4) is 0 Å². The number of nitro groups is 1. The Morgan fingerprint density at radius 2 is 1.64 bits per heavy atom. The van der Waals surface area contributed by atoms with Crippen LogP contribution >= 0.6 is 0 Å². The van der Waals surface area contributed by atoms with Crippen molar-refractivity contribution in [2.24, 2.45) is 0 Å². The van der Waals surface area contributed by atoms with E-state index in [1.807, 2.05) is 36.4 Å². The maximum atomic E-state index is 11.4. The van der Waals surface area contributed by atoms with Crippen molar-refractivity contribution in [3.05, 3.63) is 81.9 Å². The van der Waals surface area contributed by atoms with E-state index >= 15 is 0 Å². The van der Waals surface area contributed by atoms with Gasteiger partial charge < -0.3 is 9.53 Å². The standard InChI is InChI=1S/C17H17NO4/c19-12-17(22-13-14-7-3-1-4-8-14)16(11-18(20)21)15-9-5-2-6-10-15/h1-10,12,16-17H,11,13H2/t16-,17-/m1/s1. The number of nitrogens with zero attached hydrogens (tertiary/aromatic N) is 1. The first-order valence-corrected chi connectivity index (χ1v) is 6.98. The number of carbonyl (C=O) groups is 1. The fraction of sp³-hybridized carbons (Fsp3) is 0.235. The van der Waals surface area contributed by atoms with E-state index in [0.29, 0.717) is 6.29 Å². The van der Waals surface area contributed by atoms with Crippen molar-refractivity contribution < 1.29 is 14.5 Å². The number of hydrogen-bond acceptors (Lipinski definition) is 4. The molecule has 114 valence electrons. The van der Waals surface area contributed by atoms with Gasteiger partial charge in [-0.3, -0.25) is 10.1 Å². The van der Waals surface area contributed by atoms with E-state index < -0.39 is 16.9 Å². The van der Waals surface area contributed by atoms with Crippen LogP contribution in [0.4, 0.5) is 0 Å². The van der Waals surface area contributed by atoms with Gasteiger partial charge >= 0.3 is 0 Å². The zero-order chi connectivity index (χ0) is 15.8. The third-order valence-corrected chi connectivity index (χ3v) is 3.39. The topological polar surface area (TPSA) is 69.4 Å². The molecule has 5 nitrogen and oxygen atoms in total. The molecule has 0 unspecified atom stereocenters. The molecule has 22 heavy (non-hydrogen) atoms. The molecule has 0 bridgehead atoms. The predicted octanol–water partition coefficient (Wildman–Crippen LogP) is 2.83. The molecule has 5 heteroatoms. The Labute approximate surface area is 128 Å². The smallest absolute Gasteiger partial charge is 0.213 e. The van der Waals surface area contributed by atoms with Gasteiger partial charge in [-0.25, -0.2) is 0 Å². The molecule has 0 amide bonds. The van der Waals surface area contributed by atoms with Crippen molar-refractivity contribution in [3.63, 3.8) is 0 Å². The molecule has 2 aromatic rings. The summed E-state index contributed by atoms with van der Waals surface area (Å²) in [5.41, 5.74) is 1.65. The van der Waals surface area contributed by atoms with Crippen LogP contribution in [0.5, 0.6) is 0 Å². The first-order chi connectivity index (χ1) is 10.7. The molecule has 0 aliphatic rings. The molecule has 2 atom stereocenters. The number of carbonyl (C=O) groups excluding carboxylic acids is 1. The van der Waals surface area contributed by atoms with E-state index in [-0.39, 0.29) is 13.2 Å². The van der Waals surface area contributed by atoms with E-state index in [0.717, 1.165) is 11.1 Å². The number of ether oxygens (including phenoxy) is 1. The first-order valence-electron chi connectivity index (χ1n) is 6.98. The Morgan fingerprint density at radius 1 is 1.05 bits per heavy atom. The van der Waals surface area contributed by atoms with Gasteiger partial charge in [0.1, 0.15) is 12.4 Å². The van der Waals surface area contributed by atoms with Crippen LogP contribution in [-0.4, -0.2) is 23.9 Å². The summed E-state index contributed by atoms with van der Waals surface area (Å²) in [6.45, 7) is -0.104. The summed E-state index contributed by atoms with van der Waals surface area (Å²) in [6.07, 6.45) is -0.211. The van der Waals surface area contributed by atoms with Crippen molar-refractivity contribution in [2.45, 2.75) is 18.6 Å². The Bertz CT molecular complexity index is 601. The van der Waals surface area contributed by atoms with Gasteiger partial charge in [0.05, 0.1) is 12.5 Å². The Kier molecular flexibility index (Phi) is 5.80. The monoisotopic (exact) mass is 299 g/mol. The lowest BCUT2D eigenvalue weighted by Crippen LogP contribution is -2.29. The van der Waals surface area contributed by atoms with E-state index in [4.69, 9.17) is 4.74 Å². The average Bonchev–Trinajstić information content (AvgIpc) is 2.56. The highest BCUT2D eigenvalue weighted by molar-refractivity contribution is 5.58. The first kappa shape index (κ1) is 15.9. The molecule has 0 heterocycles. The Morgan fingerprint density at radius 3 is 2.18 bits per heavy atom. The van der Waals surface area contributed by atoms with Crippen molar-refractivity contribution in [2.75, 3.05) is 6.54 Å². The largest absolute Gasteiger partial charge is 0.365 e. The Balaban J connectivity index is 2.13.